The standard InChI is InChI=1S/C15H18Br2N2S/c1-15(2,3)10-6-4-9(5-7-10)13(19-18)11-8-12(16)20-14(11)17/h4-8,13,19H,18H2,1-3H3. The SMILES string of the molecule is CC(C)(C)c1ccc(C(NN)c2cc(Br)sc2Br)cc1. The average molecular weight is 418 g/mol. The van der Waals surface area contributed by atoms with Gasteiger partial charge in [0.05, 0.1) is 13.6 Å². The molecule has 108 valence electrons. The van der Waals surface area contributed by atoms with E-state index in [4.69, 9.17) is 5.84 Å². The van der Waals surface area contributed by atoms with E-state index in [1.165, 1.54) is 5.56 Å². The zero-order valence-corrected chi connectivity index (χ0v) is 15.7. The summed E-state index contributed by atoms with van der Waals surface area (Å²) < 4.78 is 2.18. The van der Waals surface area contributed by atoms with Crippen LogP contribution in [0.15, 0.2) is 37.9 Å². The van der Waals surface area contributed by atoms with Gasteiger partial charge < -0.3 is 0 Å². The van der Waals surface area contributed by atoms with Crippen molar-refractivity contribution in [2.45, 2.75) is 32.2 Å². The van der Waals surface area contributed by atoms with E-state index in [0.717, 1.165) is 18.7 Å². The minimum absolute atomic E-state index is 0.0130. The largest absolute Gasteiger partial charge is 0.271 e. The molecule has 1 unspecified atom stereocenters. The Balaban J connectivity index is 2.35. The molecule has 0 aliphatic heterocycles. The highest BCUT2D eigenvalue weighted by Gasteiger charge is 2.19. The van der Waals surface area contributed by atoms with Gasteiger partial charge in [-0.25, -0.2) is 5.43 Å². The van der Waals surface area contributed by atoms with Gasteiger partial charge in [0.2, 0.25) is 0 Å². The van der Waals surface area contributed by atoms with Crippen molar-refractivity contribution in [2.24, 2.45) is 5.84 Å². The second kappa shape index (κ2) is 6.28. The van der Waals surface area contributed by atoms with Crippen molar-refractivity contribution in [1.29, 1.82) is 0 Å². The summed E-state index contributed by atoms with van der Waals surface area (Å²) in [5, 5.41) is 0. The van der Waals surface area contributed by atoms with Gasteiger partial charge in [0.1, 0.15) is 0 Å². The highest BCUT2D eigenvalue weighted by Crippen LogP contribution is 2.37. The van der Waals surface area contributed by atoms with Crippen molar-refractivity contribution in [3.05, 3.63) is 54.6 Å². The zero-order chi connectivity index (χ0) is 14.9. The lowest BCUT2D eigenvalue weighted by atomic mass is 9.86. The number of nitrogens with two attached hydrogens (primary N) is 1. The van der Waals surface area contributed by atoms with Gasteiger partial charge in [-0.2, -0.15) is 0 Å². The summed E-state index contributed by atoms with van der Waals surface area (Å²) in [4.78, 5) is 0. The van der Waals surface area contributed by atoms with Crippen LogP contribution in [0.3, 0.4) is 0 Å². The van der Waals surface area contributed by atoms with E-state index in [9.17, 15) is 0 Å². The van der Waals surface area contributed by atoms with Crippen LogP contribution in [-0.2, 0) is 5.41 Å². The maximum Gasteiger partial charge on any atom is 0.0762 e. The van der Waals surface area contributed by atoms with Gasteiger partial charge >= 0.3 is 0 Å². The molecule has 1 heterocycles. The van der Waals surface area contributed by atoms with E-state index in [-0.39, 0.29) is 11.5 Å². The Kier molecular flexibility index (Phi) is 5.08. The smallest absolute Gasteiger partial charge is 0.0762 e. The highest BCUT2D eigenvalue weighted by atomic mass is 79.9. The second-order valence-electron chi connectivity index (χ2n) is 5.75. The van der Waals surface area contributed by atoms with E-state index in [0.29, 0.717) is 0 Å². The summed E-state index contributed by atoms with van der Waals surface area (Å²) in [6.07, 6.45) is 0. The van der Waals surface area contributed by atoms with Gasteiger partial charge in [0.15, 0.2) is 0 Å². The lowest BCUT2D eigenvalue weighted by Gasteiger charge is -2.21. The predicted octanol–water partition coefficient (Wildman–Crippen LogP) is 5.12. The van der Waals surface area contributed by atoms with Gasteiger partial charge in [-0.3, -0.25) is 5.84 Å². The normalized spacial score (nSPS) is 13.5. The number of halogens is 2. The molecule has 1 atom stereocenters. The Hall–Kier alpha value is -0.200. The first-order valence-electron chi connectivity index (χ1n) is 6.34. The molecular formula is C15H18Br2N2S. The fourth-order valence-corrected chi connectivity index (χ4v) is 4.99. The molecule has 0 fully saturated rings. The third kappa shape index (κ3) is 3.52. The Labute approximate surface area is 141 Å². The first-order valence-corrected chi connectivity index (χ1v) is 8.74. The fourth-order valence-electron chi connectivity index (χ4n) is 2.09. The van der Waals surface area contributed by atoms with Crippen LogP contribution in [-0.4, -0.2) is 0 Å². The Morgan fingerprint density at radius 3 is 2.15 bits per heavy atom. The molecule has 0 aliphatic rings. The minimum Gasteiger partial charge on any atom is -0.271 e. The molecule has 2 rings (SSSR count). The van der Waals surface area contributed by atoms with Crippen LogP contribution in [0.5, 0.6) is 0 Å². The van der Waals surface area contributed by atoms with Crippen molar-refractivity contribution < 1.29 is 0 Å². The van der Waals surface area contributed by atoms with Crippen LogP contribution < -0.4 is 11.3 Å². The topological polar surface area (TPSA) is 38.0 Å². The first-order chi connectivity index (χ1) is 9.32. The third-order valence-electron chi connectivity index (χ3n) is 3.27. The van der Waals surface area contributed by atoms with Crippen LogP contribution in [0.2, 0.25) is 0 Å². The van der Waals surface area contributed by atoms with Crippen LogP contribution in [0.1, 0.15) is 43.5 Å². The monoisotopic (exact) mass is 416 g/mol. The van der Waals surface area contributed by atoms with E-state index in [1.54, 1.807) is 11.3 Å². The molecule has 0 radical (unpaired) electrons. The van der Waals surface area contributed by atoms with Crippen LogP contribution in [0, 0.1) is 0 Å². The summed E-state index contributed by atoms with van der Waals surface area (Å²) in [5.41, 5.74) is 6.69. The van der Waals surface area contributed by atoms with Crippen molar-refractivity contribution in [3.63, 3.8) is 0 Å². The fraction of sp³-hybridized carbons (Fsp3) is 0.333. The zero-order valence-electron chi connectivity index (χ0n) is 11.7. The number of benzene rings is 1. The summed E-state index contributed by atoms with van der Waals surface area (Å²) >= 11 is 8.76. The van der Waals surface area contributed by atoms with Crippen LogP contribution >= 0.6 is 43.2 Å². The quantitative estimate of drug-likeness (QED) is 0.536. The molecule has 2 nitrogen and oxygen atoms in total. The molecular weight excluding hydrogens is 400 g/mol. The Morgan fingerprint density at radius 2 is 1.75 bits per heavy atom. The minimum atomic E-state index is -0.0130. The molecule has 0 amide bonds. The maximum atomic E-state index is 5.76. The average Bonchev–Trinajstić information content (AvgIpc) is 2.69. The summed E-state index contributed by atoms with van der Waals surface area (Å²) in [5.74, 6) is 5.76. The van der Waals surface area contributed by atoms with Gasteiger partial charge in [-0.15, -0.1) is 11.3 Å². The molecule has 0 aliphatic carbocycles. The molecule has 0 saturated carbocycles. The van der Waals surface area contributed by atoms with Crippen molar-refractivity contribution in [1.82, 2.24) is 5.43 Å². The molecule has 3 N–H and O–H groups in total. The van der Waals surface area contributed by atoms with E-state index in [2.05, 4.69) is 88.4 Å². The van der Waals surface area contributed by atoms with Crippen LogP contribution in [0.25, 0.3) is 0 Å². The van der Waals surface area contributed by atoms with Crippen molar-refractivity contribution >= 4 is 43.2 Å². The first kappa shape index (κ1) is 16.2. The van der Waals surface area contributed by atoms with Gasteiger partial charge in [-0.05, 0) is 54.5 Å². The molecule has 0 saturated heterocycles. The molecule has 1 aromatic carbocycles. The Bertz CT molecular complexity index is 585. The number of hydrazine groups is 1. The molecule has 0 bridgehead atoms. The third-order valence-corrected chi connectivity index (χ3v) is 5.66. The van der Waals surface area contributed by atoms with Gasteiger partial charge in [-0.1, -0.05) is 45.0 Å². The summed E-state index contributed by atoms with van der Waals surface area (Å²) in [6.45, 7) is 6.65. The lowest BCUT2D eigenvalue weighted by Crippen LogP contribution is -2.28. The van der Waals surface area contributed by atoms with Gasteiger partial charge in [0, 0.05) is 5.56 Å². The van der Waals surface area contributed by atoms with Gasteiger partial charge in [0.25, 0.3) is 0 Å². The molecule has 0 spiro atoms. The molecule has 5 heteroatoms. The van der Waals surface area contributed by atoms with Crippen molar-refractivity contribution in [2.75, 3.05) is 0 Å². The van der Waals surface area contributed by atoms with E-state index in [1.807, 2.05) is 0 Å². The molecule has 20 heavy (non-hydrogen) atoms. The summed E-state index contributed by atoms with van der Waals surface area (Å²) in [6, 6.07) is 10.7. The van der Waals surface area contributed by atoms with Crippen LogP contribution in [0.4, 0.5) is 0 Å². The number of nitrogens with one attached hydrogen (secondary N) is 1. The lowest BCUT2D eigenvalue weighted by molar-refractivity contribution is 0.588. The Morgan fingerprint density at radius 1 is 1.15 bits per heavy atom. The number of thiophene rings is 1. The molecule has 1 aromatic heterocycles. The van der Waals surface area contributed by atoms with E-state index >= 15 is 0 Å². The summed E-state index contributed by atoms with van der Waals surface area (Å²) in [7, 11) is 0. The number of rotatable bonds is 3. The van der Waals surface area contributed by atoms with E-state index < -0.39 is 0 Å². The maximum absolute atomic E-state index is 5.76. The van der Waals surface area contributed by atoms with Crippen molar-refractivity contribution in [3.8, 4) is 0 Å². The number of hydrogen-bond acceptors (Lipinski definition) is 3. The number of hydrogen-bond donors (Lipinski definition) is 2. The highest BCUT2D eigenvalue weighted by molar-refractivity contribution is 9.12. The predicted molar refractivity (Wildman–Crippen MR) is 94.0 cm³/mol. The molecule has 2 aromatic rings. The second-order valence-corrected chi connectivity index (χ2v) is 9.50.